The average Bonchev–Trinajstić information content (AvgIpc) is 3.20. The van der Waals surface area contributed by atoms with Crippen molar-refractivity contribution in [1.82, 2.24) is 29.6 Å². The Morgan fingerprint density at radius 3 is 2.59 bits per heavy atom. The predicted molar refractivity (Wildman–Crippen MR) is 103 cm³/mol. The summed E-state index contributed by atoms with van der Waals surface area (Å²) in [6, 6.07) is 6.09. The highest BCUT2D eigenvalue weighted by Crippen LogP contribution is 2.21. The summed E-state index contributed by atoms with van der Waals surface area (Å²) < 4.78 is 20.1. The van der Waals surface area contributed by atoms with Crippen molar-refractivity contribution in [3.8, 4) is 17.2 Å². The number of likely N-dealkylation sites (tertiary alicyclic amines) is 1. The van der Waals surface area contributed by atoms with Crippen LogP contribution in [-0.2, 0) is 4.74 Å². The van der Waals surface area contributed by atoms with Crippen molar-refractivity contribution < 1.29 is 13.9 Å². The van der Waals surface area contributed by atoms with E-state index in [2.05, 4.69) is 20.1 Å². The fourth-order valence-corrected chi connectivity index (χ4v) is 3.22. The maximum atomic E-state index is 13.3. The van der Waals surface area contributed by atoms with Crippen LogP contribution >= 0.6 is 0 Å². The van der Waals surface area contributed by atoms with Crippen LogP contribution in [0.15, 0.2) is 36.7 Å². The predicted octanol–water partition coefficient (Wildman–Crippen LogP) is 1.70. The van der Waals surface area contributed by atoms with E-state index in [9.17, 15) is 9.18 Å². The molecule has 4 rings (SSSR count). The van der Waals surface area contributed by atoms with Gasteiger partial charge in [0.25, 0.3) is 5.91 Å². The lowest BCUT2D eigenvalue weighted by Crippen LogP contribution is -2.41. The fourth-order valence-electron chi connectivity index (χ4n) is 3.22. The largest absolute Gasteiger partial charge is 0.384 e. The first-order chi connectivity index (χ1) is 14.0. The van der Waals surface area contributed by atoms with Gasteiger partial charge in [-0.3, -0.25) is 4.79 Å². The number of halogens is 1. The van der Waals surface area contributed by atoms with E-state index >= 15 is 0 Å². The second-order valence-electron chi connectivity index (χ2n) is 6.70. The normalized spacial score (nSPS) is 14.9. The van der Waals surface area contributed by atoms with Gasteiger partial charge in [0.05, 0.1) is 24.2 Å². The van der Waals surface area contributed by atoms with E-state index in [-0.39, 0.29) is 17.8 Å². The van der Waals surface area contributed by atoms with Crippen molar-refractivity contribution in [3.63, 3.8) is 0 Å². The lowest BCUT2D eigenvalue weighted by Gasteiger charge is -2.30. The standard InChI is InChI=1S/C19H20FN7O2/c1-29-14-6-8-26(9-7-14)19(28)17-24-18(15-4-2-12(20)10-22-15)27(25-17)13-3-5-16(21)23-11-13/h2-5,10-11,14H,6-9H2,1H3,(H2,21,23). The molecule has 0 atom stereocenters. The van der Waals surface area contributed by atoms with Crippen LogP contribution in [0.1, 0.15) is 23.5 Å². The summed E-state index contributed by atoms with van der Waals surface area (Å²) in [5.41, 5.74) is 6.61. The maximum Gasteiger partial charge on any atom is 0.293 e. The fraction of sp³-hybridized carbons (Fsp3) is 0.316. The smallest absolute Gasteiger partial charge is 0.293 e. The Bertz CT molecular complexity index is 933. The van der Waals surface area contributed by atoms with Gasteiger partial charge in [0.2, 0.25) is 5.82 Å². The Morgan fingerprint density at radius 1 is 1.17 bits per heavy atom. The van der Waals surface area contributed by atoms with E-state index in [0.29, 0.717) is 36.1 Å². The molecule has 29 heavy (non-hydrogen) atoms. The number of pyridine rings is 2. The second kappa shape index (κ2) is 7.92. The van der Waals surface area contributed by atoms with Crippen molar-refractivity contribution in [1.29, 1.82) is 0 Å². The number of hydrogen-bond acceptors (Lipinski definition) is 7. The number of carbonyl (C=O) groups excluding carboxylic acids is 1. The number of methoxy groups -OCH3 is 1. The first-order valence-electron chi connectivity index (χ1n) is 9.18. The molecule has 1 aliphatic rings. The number of ether oxygens (including phenoxy) is 1. The van der Waals surface area contributed by atoms with Gasteiger partial charge in [-0.2, -0.15) is 0 Å². The number of hydrogen-bond donors (Lipinski definition) is 1. The van der Waals surface area contributed by atoms with Crippen molar-refractivity contribution in [3.05, 3.63) is 48.3 Å². The maximum absolute atomic E-state index is 13.3. The zero-order valence-electron chi connectivity index (χ0n) is 15.8. The monoisotopic (exact) mass is 397 g/mol. The third-order valence-corrected chi connectivity index (χ3v) is 4.83. The molecule has 1 fully saturated rings. The van der Waals surface area contributed by atoms with Crippen LogP contribution in [0.4, 0.5) is 10.2 Å². The zero-order chi connectivity index (χ0) is 20.4. The van der Waals surface area contributed by atoms with E-state index < -0.39 is 5.82 Å². The van der Waals surface area contributed by atoms with Crippen molar-refractivity contribution in [2.75, 3.05) is 25.9 Å². The molecule has 4 heterocycles. The molecule has 9 nitrogen and oxygen atoms in total. The average molecular weight is 397 g/mol. The van der Waals surface area contributed by atoms with E-state index in [0.717, 1.165) is 19.0 Å². The molecule has 10 heteroatoms. The van der Waals surface area contributed by atoms with Crippen LogP contribution in [0, 0.1) is 5.82 Å². The first kappa shape index (κ1) is 18.9. The Labute approximate surface area is 166 Å². The SMILES string of the molecule is COC1CCN(C(=O)c2nc(-c3ccc(F)cn3)n(-c3ccc(N)nc3)n2)CC1. The summed E-state index contributed by atoms with van der Waals surface area (Å²) in [4.78, 5) is 27.2. The van der Waals surface area contributed by atoms with Gasteiger partial charge in [0.15, 0.2) is 5.82 Å². The highest BCUT2D eigenvalue weighted by atomic mass is 19.1. The zero-order valence-corrected chi connectivity index (χ0v) is 15.8. The number of anilines is 1. The minimum atomic E-state index is -0.466. The van der Waals surface area contributed by atoms with Crippen LogP contribution in [-0.4, -0.2) is 61.8 Å². The number of nitrogens with two attached hydrogens (primary N) is 1. The van der Waals surface area contributed by atoms with Gasteiger partial charge >= 0.3 is 0 Å². The second-order valence-corrected chi connectivity index (χ2v) is 6.70. The molecule has 0 spiro atoms. The topological polar surface area (TPSA) is 112 Å². The van der Waals surface area contributed by atoms with Crippen LogP contribution in [0.2, 0.25) is 0 Å². The lowest BCUT2D eigenvalue weighted by molar-refractivity contribution is 0.0344. The molecular formula is C19H20FN7O2. The van der Waals surface area contributed by atoms with E-state index in [1.807, 2.05) is 0 Å². The minimum Gasteiger partial charge on any atom is -0.384 e. The summed E-state index contributed by atoms with van der Waals surface area (Å²) in [5.74, 6) is -0.0329. The van der Waals surface area contributed by atoms with Crippen molar-refractivity contribution >= 4 is 11.7 Å². The molecule has 2 N–H and O–H groups in total. The molecule has 1 saturated heterocycles. The number of piperidine rings is 1. The molecule has 0 saturated carbocycles. The summed E-state index contributed by atoms with van der Waals surface area (Å²) in [5, 5.41) is 4.39. The van der Waals surface area contributed by atoms with Crippen molar-refractivity contribution in [2.45, 2.75) is 18.9 Å². The highest BCUT2D eigenvalue weighted by molar-refractivity contribution is 5.91. The third-order valence-electron chi connectivity index (χ3n) is 4.83. The molecule has 3 aromatic rings. The van der Waals surface area contributed by atoms with Crippen molar-refractivity contribution in [2.24, 2.45) is 0 Å². The summed E-state index contributed by atoms with van der Waals surface area (Å²) >= 11 is 0. The van der Waals surface area contributed by atoms with E-state index in [1.54, 1.807) is 24.1 Å². The first-order valence-corrected chi connectivity index (χ1v) is 9.18. The minimum absolute atomic E-state index is 0.0406. The van der Waals surface area contributed by atoms with Gasteiger partial charge in [-0.15, -0.1) is 5.10 Å². The van der Waals surface area contributed by atoms with E-state index in [1.165, 1.54) is 23.0 Å². The number of carbonyl (C=O) groups is 1. The lowest BCUT2D eigenvalue weighted by atomic mass is 10.1. The van der Waals surface area contributed by atoms with Gasteiger partial charge in [-0.05, 0) is 37.1 Å². The Morgan fingerprint density at radius 2 is 1.97 bits per heavy atom. The van der Waals surface area contributed by atoms with Crippen LogP contribution in [0.3, 0.4) is 0 Å². The number of aromatic nitrogens is 5. The summed E-state index contributed by atoms with van der Waals surface area (Å²) in [6.07, 6.45) is 4.29. The molecule has 0 aromatic carbocycles. The van der Waals surface area contributed by atoms with E-state index in [4.69, 9.17) is 10.5 Å². The molecule has 0 bridgehead atoms. The highest BCUT2D eigenvalue weighted by Gasteiger charge is 2.27. The Kier molecular flexibility index (Phi) is 5.17. The molecule has 0 aliphatic carbocycles. The molecular weight excluding hydrogens is 377 g/mol. The third kappa shape index (κ3) is 3.92. The molecule has 150 valence electrons. The molecule has 1 aliphatic heterocycles. The van der Waals surface area contributed by atoms with Crippen LogP contribution in [0.5, 0.6) is 0 Å². The van der Waals surface area contributed by atoms with Gasteiger partial charge in [-0.25, -0.2) is 24.0 Å². The van der Waals surface area contributed by atoms with Gasteiger partial charge < -0.3 is 15.4 Å². The van der Waals surface area contributed by atoms with Gasteiger partial charge in [0.1, 0.15) is 17.3 Å². The molecule has 3 aromatic heterocycles. The Balaban J connectivity index is 1.70. The quantitative estimate of drug-likeness (QED) is 0.713. The number of nitrogens with zero attached hydrogens (tertiary/aromatic N) is 6. The molecule has 0 radical (unpaired) electrons. The number of nitrogen functional groups attached to an aromatic ring is 1. The number of rotatable bonds is 4. The Hall–Kier alpha value is -3.40. The van der Waals surface area contributed by atoms with Gasteiger partial charge in [-0.1, -0.05) is 0 Å². The molecule has 0 unspecified atom stereocenters. The summed E-state index contributed by atoms with van der Waals surface area (Å²) in [6.45, 7) is 1.14. The van der Waals surface area contributed by atoms with Crippen LogP contribution < -0.4 is 5.73 Å². The van der Waals surface area contributed by atoms with Gasteiger partial charge in [0, 0.05) is 20.2 Å². The molecule has 1 amide bonds. The summed E-state index contributed by atoms with van der Waals surface area (Å²) in [7, 11) is 1.67. The number of amides is 1. The van der Waals surface area contributed by atoms with Crippen LogP contribution in [0.25, 0.3) is 17.2 Å².